The van der Waals surface area contributed by atoms with Crippen molar-refractivity contribution in [3.63, 3.8) is 0 Å². The van der Waals surface area contributed by atoms with Gasteiger partial charge in [0.25, 0.3) is 0 Å². The molecule has 0 aliphatic carbocycles. The first-order valence-corrected chi connectivity index (χ1v) is 1.73. The van der Waals surface area contributed by atoms with Gasteiger partial charge >= 0.3 is 0 Å². The Hall–Kier alpha value is -0.580. The van der Waals surface area contributed by atoms with Crippen LogP contribution in [-0.2, 0) is 32.0 Å². The second-order valence-electron chi connectivity index (χ2n) is 0.971. The van der Waals surface area contributed by atoms with Gasteiger partial charge < -0.3 is 19.8 Å². The first-order valence-electron chi connectivity index (χ1n) is 1.73. The van der Waals surface area contributed by atoms with Crippen LogP contribution in [0.3, 0.4) is 0 Å². The first kappa shape index (κ1) is 11.2. The molecule has 0 amide bonds. The maximum absolute atomic E-state index is 9.41. The molecule has 9 heavy (non-hydrogen) atoms. The smallest absolute Gasteiger partial charge is 0.0643 e. The van der Waals surface area contributed by atoms with Gasteiger partial charge in [-0.1, -0.05) is 0 Å². The van der Waals surface area contributed by atoms with E-state index in [2.05, 4.69) is 0 Å². The van der Waals surface area contributed by atoms with E-state index in [1.54, 1.807) is 0 Å². The normalized spacial score (nSPS) is 8.44. The molecule has 0 aromatic carbocycles. The van der Waals surface area contributed by atoms with Crippen molar-refractivity contribution in [2.75, 3.05) is 0 Å². The zero-order chi connectivity index (χ0) is 6.57. The largest absolute Gasteiger partial charge is 0.545 e. The molecule has 0 saturated heterocycles. The summed E-state index contributed by atoms with van der Waals surface area (Å²) in [4.78, 5) is 18.8. The molecule has 0 saturated carbocycles. The number of carboxylic acids is 2. The average molecular weight is 222 g/mol. The van der Waals surface area contributed by atoms with E-state index in [0.29, 0.717) is 12.2 Å². The van der Waals surface area contributed by atoms with Crippen LogP contribution in [0.4, 0.5) is 0 Å². The summed E-state index contributed by atoms with van der Waals surface area (Å²) in [6.45, 7) is 0. The van der Waals surface area contributed by atoms with Gasteiger partial charge in [0.05, 0.1) is 11.9 Å². The third kappa shape index (κ3) is 11.2. The Bertz CT molecular complexity index is 124. The molecular formula is C4H2AgO4-2. The summed E-state index contributed by atoms with van der Waals surface area (Å²) in [5.74, 6) is -3.09. The molecule has 0 spiro atoms. The van der Waals surface area contributed by atoms with Crippen LogP contribution in [0.1, 0.15) is 0 Å². The van der Waals surface area contributed by atoms with E-state index in [0.717, 1.165) is 0 Å². The van der Waals surface area contributed by atoms with Crippen LogP contribution in [0.5, 0.6) is 0 Å². The predicted octanol–water partition coefficient (Wildman–Crippen LogP) is -2.96. The predicted molar refractivity (Wildman–Crippen MR) is 19.2 cm³/mol. The molecule has 0 aliphatic heterocycles. The Morgan fingerprint density at radius 1 is 1.00 bits per heavy atom. The molecule has 0 aliphatic rings. The summed E-state index contributed by atoms with van der Waals surface area (Å²) in [6.07, 6.45) is 0.769. The Labute approximate surface area is 66.7 Å². The van der Waals surface area contributed by atoms with Crippen LogP contribution < -0.4 is 10.2 Å². The van der Waals surface area contributed by atoms with Crippen molar-refractivity contribution in [1.82, 2.24) is 0 Å². The van der Waals surface area contributed by atoms with Gasteiger partial charge in [-0.05, 0) is 12.2 Å². The van der Waals surface area contributed by atoms with Crippen molar-refractivity contribution >= 4 is 11.9 Å². The third-order valence-electron chi connectivity index (χ3n) is 0.355. The maximum atomic E-state index is 9.41. The van der Waals surface area contributed by atoms with E-state index in [1.807, 2.05) is 0 Å². The van der Waals surface area contributed by atoms with Gasteiger partial charge in [0.2, 0.25) is 0 Å². The summed E-state index contributed by atoms with van der Waals surface area (Å²) >= 11 is 0. The average Bonchev–Trinajstić information content (AvgIpc) is 1.61. The second-order valence-corrected chi connectivity index (χ2v) is 0.971. The Balaban J connectivity index is 0. The van der Waals surface area contributed by atoms with Gasteiger partial charge in [-0.2, -0.15) is 0 Å². The van der Waals surface area contributed by atoms with Crippen molar-refractivity contribution in [1.29, 1.82) is 0 Å². The van der Waals surface area contributed by atoms with E-state index in [1.165, 1.54) is 0 Å². The van der Waals surface area contributed by atoms with Crippen LogP contribution in [0.15, 0.2) is 12.2 Å². The van der Waals surface area contributed by atoms with Gasteiger partial charge in [-0.15, -0.1) is 0 Å². The molecule has 55 valence electrons. The summed E-state index contributed by atoms with van der Waals surface area (Å²) in [7, 11) is 0. The van der Waals surface area contributed by atoms with Crippen molar-refractivity contribution in [3.05, 3.63) is 12.2 Å². The molecule has 0 fully saturated rings. The molecule has 1 radical (unpaired) electrons. The molecule has 0 rings (SSSR count). The Morgan fingerprint density at radius 2 is 1.22 bits per heavy atom. The minimum absolute atomic E-state index is 0. The van der Waals surface area contributed by atoms with Crippen LogP contribution in [0.25, 0.3) is 0 Å². The van der Waals surface area contributed by atoms with Crippen molar-refractivity contribution < 1.29 is 42.2 Å². The minimum Gasteiger partial charge on any atom is -0.545 e. The summed E-state index contributed by atoms with van der Waals surface area (Å²) in [5.41, 5.74) is 0. The van der Waals surface area contributed by atoms with E-state index in [9.17, 15) is 19.8 Å². The standard InChI is InChI=1S/C4H4O4.Ag/c5-3(6)1-2-4(7)8;/h1-2H,(H,5,6)(H,7,8);/p-2/b2-1-;. The van der Waals surface area contributed by atoms with Gasteiger partial charge in [-0.25, -0.2) is 0 Å². The monoisotopic (exact) mass is 221 g/mol. The van der Waals surface area contributed by atoms with E-state index in [4.69, 9.17) is 0 Å². The molecule has 0 unspecified atom stereocenters. The SMILES string of the molecule is O=C([O-])/C=C\C(=O)[O-].[Ag]. The Morgan fingerprint density at radius 3 is 1.33 bits per heavy atom. The number of hydrogen-bond acceptors (Lipinski definition) is 4. The van der Waals surface area contributed by atoms with E-state index >= 15 is 0 Å². The van der Waals surface area contributed by atoms with Gasteiger partial charge in [0.1, 0.15) is 0 Å². The molecule has 0 heterocycles. The van der Waals surface area contributed by atoms with Crippen LogP contribution in [0, 0.1) is 0 Å². The topological polar surface area (TPSA) is 80.3 Å². The molecular weight excluding hydrogens is 220 g/mol. The zero-order valence-corrected chi connectivity index (χ0v) is 5.57. The fraction of sp³-hybridized carbons (Fsp3) is 0. The van der Waals surface area contributed by atoms with Gasteiger partial charge in [-0.3, -0.25) is 0 Å². The fourth-order valence-corrected chi connectivity index (χ4v) is 0.136. The minimum atomic E-state index is -1.55. The van der Waals surface area contributed by atoms with Crippen LogP contribution >= 0.6 is 0 Å². The second kappa shape index (κ2) is 5.56. The summed E-state index contributed by atoms with van der Waals surface area (Å²) in [5, 5.41) is 18.8. The van der Waals surface area contributed by atoms with Crippen LogP contribution in [-0.4, -0.2) is 11.9 Å². The Kier molecular flexibility index (Phi) is 6.94. The number of aliphatic carboxylic acids is 2. The van der Waals surface area contributed by atoms with Crippen molar-refractivity contribution in [2.45, 2.75) is 0 Å². The summed E-state index contributed by atoms with van der Waals surface area (Å²) in [6, 6.07) is 0. The van der Waals surface area contributed by atoms with Gasteiger partial charge in [0.15, 0.2) is 0 Å². The number of hydrogen-bond donors (Lipinski definition) is 0. The van der Waals surface area contributed by atoms with E-state index < -0.39 is 11.9 Å². The van der Waals surface area contributed by atoms with E-state index in [-0.39, 0.29) is 22.4 Å². The number of carboxylic acid groups (broad SMARTS) is 2. The maximum Gasteiger partial charge on any atom is 0.0643 e. The molecule has 4 nitrogen and oxygen atoms in total. The molecule has 0 N–H and O–H groups in total. The van der Waals surface area contributed by atoms with Crippen LogP contribution in [0.2, 0.25) is 0 Å². The fourth-order valence-electron chi connectivity index (χ4n) is 0.136. The number of carbonyl (C=O) groups excluding carboxylic acids is 2. The number of carbonyl (C=O) groups is 2. The zero-order valence-electron chi connectivity index (χ0n) is 4.09. The third-order valence-corrected chi connectivity index (χ3v) is 0.355. The molecule has 0 bridgehead atoms. The molecule has 0 atom stereocenters. The quantitative estimate of drug-likeness (QED) is 0.369. The molecule has 5 heteroatoms. The molecule has 0 aromatic rings. The van der Waals surface area contributed by atoms with Crippen molar-refractivity contribution in [3.8, 4) is 0 Å². The first-order chi connectivity index (χ1) is 3.63. The number of rotatable bonds is 2. The summed E-state index contributed by atoms with van der Waals surface area (Å²) < 4.78 is 0. The van der Waals surface area contributed by atoms with Crippen molar-refractivity contribution in [2.24, 2.45) is 0 Å². The molecule has 0 aromatic heterocycles. The van der Waals surface area contributed by atoms with Gasteiger partial charge in [0, 0.05) is 22.4 Å².